The summed E-state index contributed by atoms with van der Waals surface area (Å²) in [4.78, 5) is 18.8. The number of nitrogens with zero attached hydrogens (tertiary/aromatic N) is 4. The quantitative estimate of drug-likeness (QED) is 0.157. The van der Waals surface area contributed by atoms with E-state index in [0.29, 0.717) is 58.4 Å². The second-order valence-corrected chi connectivity index (χ2v) is 12.1. The van der Waals surface area contributed by atoms with Gasteiger partial charge in [-0.05, 0) is 25.7 Å². The van der Waals surface area contributed by atoms with Gasteiger partial charge in [0.25, 0.3) is 0 Å². The Hall–Kier alpha value is -3.76. The van der Waals surface area contributed by atoms with E-state index in [9.17, 15) is 0 Å². The number of nitrogens with one attached hydrogen (secondary N) is 3. The molecule has 0 unspecified atom stereocenters. The maximum Gasteiger partial charge on any atom is 0.237 e. The highest BCUT2D eigenvalue weighted by molar-refractivity contribution is 6.39. The molecule has 45 heavy (non-hydrogen) atoms. The molecule has 1 aliphatic heterocycles. The van der Waals surface area contributed by atoms with Crippen LogP contribution in [-0.4, -0.2) is 52.8 Å². The first kappa shape index (κ1) is 31.2. The molecule has 0 amide bonds. The summed E-state index contributed by atoms with van der Waals surface area (Å²) in [6.07, 6.45) is 9.19. The molecular formula is C34H37Cl2N7O2. The Bertz CT molecular complexity index is 1700. The van der Waals surface area contributed by atoms with Crippen molar-refractivity contribution in [3.63, 3.8) is 0 Å². The lowest BCUT2D eigenvalue weighted by molar-refractivity contribution is 0.330. The fourth-order valence-corrected chi connectivity index (χ4v) is 6.30. The Balaban J connectivity index is 1.24. The number of methoxy groups -OCH3 is 2. The zero-order valence-electron chi connectivity index (χ0n) is 25.5. The maximum atomic E-state index is 7.05. The highest BCUT2D eigenvalue weighted by atomic mass is 35.5. The molecule has 0 radical (unpaired) electrons. The first-order chi connectivity index (χ1) is 21.9. The Labute approximate surface area is 273 Å². The van der Waals surface area contributed by atoms with Crippen molar-refractivity contribution >= 4 is 23.2 Å². The summed E-state index contributed by atoms with van der Waals surface area (Å²) in [5, 5.41) is 11.4. The van der Waals surface area contributed by atoms with Crippen molar-refractivity contribution < 1.29 is 9.47 Å². The minimum atomic E-state index is 0.370. The van der Waals surface area contributed by atoms with Gasteiger partial charge in [0, 0.05) is 59.7 Å². The molecule has 11 heteroatoms. The molecule has 0 spiro atoms. The minimum absolute atomic E-state index is 0.370. The van der Waals surface area contributed by atoms with Crippen molar-refractivity contribution in [2.45, 2.75) is 57.3 Å². The van der Waals surface area contributed by atoms with Gasteiger partial charge in [-0.2, -0.15) is 0 Å². The van der Waals surface area contributed by atoms with Gasteiger partial charge in [-0.15, -0.1) is 0 Å². The lowest BCUT2D eigenvalue weighted by Crippen LogP contribution is -2.34. The molecule has 2 aromatic carbocycles. The third-order valence-corrected chi connectivity index (χ3v) is 9.21. The lowest BCUT2D eigenvalue weighted by Gasteiger charge is -2.26. The van der Waals surface area contributed by atoms with Crippen LogP contribution in [0.2, 0.25) is 10.0 Å². The standard InChI is InChI=1S/C34H37Cl2N7O2/c1-20-13-14-22(41-20)15-37-16-29-33(44-2)42-27(17-39-29)25-11-5-9-23(31(25)35)24-10-6-12-26(32(24)36)28-18-40-30(34(43-28)45-3)19-38-21-7-4-8-21/h5-6,9-12,17-18,21-22,37-38,41H,1,4,7-8,13-16,19H2,2-3H3/t22-/m0/s1. The summed E-state index contributed by atoms with van der Waals surface area (Å²) < 4.78 is 11.2. The van der Waals surface area contributed by atoms with Crippen LogP contribution in [0.3, 0.4) is 0 Å². The second kappa shape index (κ2) is 14.1. The molecule has 1 saturated carbocycles. The van der Waals surface area contributed by atoms with Crippen molar-refractivity contribution in [1.29, 1.82) is 0 Å². The largest absolute Gasteiger partial charge is 0.480 e. The van der Waals surface area contributed by atoms with E-state index in [1.807, 2.05) is 36.4 Å². The van der Waals surface area contributed by atoms with Gasteiger partial charge < -0.3 is 25.4 Å². The number of allylic oxidation sites excluding steroid dienone is 1. The number of hydrogen-bond acceptors (Lipinski definition) is 9. The summed E-state index contributed by atoms with van der Waals surface area (Å²) in [7, 11) is 3.20. The Morgan fingerprint density at radius 1 is 0.822 bits per heavy atom. The third kappa shape index (κ3) is 6.92. The molecule has 2 aliphatic rings. The van der Waals surface area contributed by atoms with Crippen LogP contribution in [0, 0.1) is 0 Å². The molecule has 1 saturated heterocycles. The molecule has 2 aromatic heterocycles. The van der Waals surface area contributed by atoms with Gasteiger partial charge in [0.1, 0.15) is 11.4 Å². The highest BCUT2D eigenvalue weighted by Crippen LogP contribution is 2.42. The topological polar surface area (TPSA) is 106 Å². The summed E-state index contributed by atoms with van der Waals surface area (Å²) >= 11 is 14.1. The fourth-order valence-electron chi connectivity index (χ4n) is 5.65. The summed E-state index contributed by atoms with van der Waals surface area (Å²) in [5.74, 6) is 0.928. The molecule has 3 heterocycles. The van der Waals surface area contributed by atoms with E-state index in [-0.39, 0.29) is 0 Å². The molecule has 6 rings (SSSR count). The van der Waals surface area contributed by atoms with E-state index in [2.05, 4.69) is 32.5 Å². The first-order valence-electron chi connectivity index (χ1n) is 15.2. The number of halogens is 2. The summed E-state index contributed by atoms with van der Waals surface area (Å²) in [6, 6.07) is 12.5. The molecule has 4 aromatic rings. The van der Waals surface area contributed by atoms with Crippen LogP contribution < -0.4 is 25.4 Å². The Morgan fingerprint density at radius 2 is 1.38 bits per heavy atom. The van der Waals surface area contributed by atoms with Crippen LogP contribution >= 0.6 is 23.2 Å². The lowest BCUT2D eigenvalue weighted by atomic mass is 9.93. The third-order valence-electron chi connectivity index (χ3n) is 8.40. The van der Waals surface area contributed by atoms with E-state index >= 15 is 0 Å². The molecule has 2 fully saturated rings. The molecule has 3 N–H and O–H groups in total. The van der Waals surface area contributed by atoms with E-state index in [1.165, 1.54) is 19.3 Å². The van der Waals surface area contributed by atoms with E-state index in [0.717, 1.165) is 58.7 Å². The fraction of sp³-hybridized carbons (Fsp3) is 0.353. The SMILES string of the molecule is C=C1CC[C@@H](CNCc2ncc(-c3cccc(-c4cccc(-c5cnc(CNC6CCC6)c(OC)n5)c4Cl)c3Cl)nc2OC)N1. The smallest absolute Gasteiger partial charge is 0.237 e. The van der Waals surface area contributed by atoms with Crippen molar-refractivity contribution in [2.24, 2.45) is 0 Å². The predicted molar refractivity (Wildman–Crippen MR) is 179 cm³/mol. The van der Waals surface area contributed by atoms with Crippen LogP contribution in [0.5, 0.6) is 11.8 Å². The van der Waals surface area contributed by atoms with Crippen molar-refractivity contribution in [1.82, 2.24) is 35.9 Å². The molecular weight excluding hydrogens is 609 g/mol. The van der Waals surface area contributed by atoms with Gasteiger partial charge in [-0.25, -0.2) is 9.97 Å². The van der Waals surface area contributed by atoms with E-state index in [4.69, 9.17) is 42.6 Å². The van der Waals surface area contributed by atoms with Crippen LogP contribution in [0.1, 0.15) is 43.5 Å². The van der Waals surface area contributed by atoms with Crippen molar-refractivity contribution in [3.05, 3.63) is 82.5 Å². The highest BCUT2D eigenvalue weighted by Gasteiger charge is 2.21. The van der Waals surface area contributed by atoms with Gasteiger partial charge in [0.05, 0.1) is 48.0 Å². The first-order valence-corrected chi connectivity index (χ1v) is 16.0. The molecule has 9 nitrogen and oxygen atoms in total. The summed E-state index contributed by atoms with van der Waals surface area (Å²) in [6.45, 7) is 5.95. The van der Waals surface area contributed by atoms with Gasteiger partial charge in [0.15, 0.2) is 0 Å². The Kier molecular flexibility index (Phi) is 9.80. The van der Waals surface area contributed by atoms with Crippen LogP contribution in [0.4, 0.5) is 0 Å². The normalized spacial score (nSPS) is 16.4. The number of aromatic nitrogens is 4. The average Bonchev–Trinajstić information content (AvgIpc) is 3.45. The molecule has 1 atom stereocenters. The van der Waals surface area contributed by atoms with Gasteiger partial charge in [0.2, 0.25) is 11.8 Å². The zero-order valence-corrected chi connectivity index (χ0v) is 27.0. The summed E-state index contributed by atoms with van der Waals surface area (Å²) in [5.41, 5.74) is 6.78. The maximum absolute atomic E-state index is 7.05. The second-order valence-electron chi connectivity index (χ2n) is 11.4. The van der Waals surface area contributed by atoms with Crippen molar-refractivity contribution in [3.8, 4) is 45.4 Å². The van der Waals surface area contributed by atoms with E-state index in [1.54, 1.807) is 26.6 Å². The average molecular weight is 647 g/mol. The predicted octanol–water partition coefficient (Wildman–Crippen LogP) is 6.59. The van der Waals surface area contributed by atoms with Crippen LogP contribution in [-0.2, 0) is 13.1 Å². The number of benzene rings is 2. The minimum Gasteiger partial charge on any atom is -0.480 e. The van der Waals surface area contributed by atoms with Crippen LogP contribution in [0.15, 0.2) is 61.1 Å². The number of hydrogen-bond donors (Lipinski definition) is 3. The number of rotatable bonds is 12. The van der Waals surface area contributed by atoms with Gasteiger partial charge in [-0.1, -0.05) is 72.6 Å². The number of ether oxygens (including phenoxy) is 2. The van der Waals surface area contributed by atoms with Gasteiger partial charge >= 0.3 is 0 Å². The van der Waals surface area contributed by atoms with Gasteiger partial charge in [-0.3, -0.25) is 9.97 Å². The van der Waals surface area contributed by atoms with Crippen molar-refractivity contribution in [2.75, 3.05) is 20.8 Å². The Morgan fingerprint density at radius 3 is 1.87 bits per heavy atom. The monoisotopic (exact) mass is 645 g/mol. The molecule has 0 bridgehead atoms. The van der Waals surface area contributed by atoms with E-state index < -0.39 is 0 Å². The van der Waals surface area contributed by atoms with Crippen LogP contribution in [0.25, 0.3) is 33.6 Å². The molecule has 234 valence electrons. The zero-order chi connectivity index (χ0) is 31.3. The molecule has 1 aliphatic carbocycles.